The number of hydrogen-bond acceptors (Lipinski definition) is 4. The summed E-state index contributed by atoms with van der Waals surface area (Å²) in [6.45, 7) is 1.81. The van der Waals surface area contributed by atoms with Gasteiger partial charge in [-0.25, -0.2) is 0 Å². The maximum atomic E-state index is 6.25. The first-order chi connectivity index (χ1) is 10.1. The van der Waals surface area contributed by atoms with Gasteiger partial charge in [-0.1, -0.05) is 35.3 Å². The molecule has 0 aliphatic rings. The van der Waals surface area contributed by atoms with Crippen LogP contribution in [0.1, 0.15) is 5.82 Å². The molecule has 2 aromatic carbocycles. The molecule has 0 saturated carbocycles. The highest BCUT2D eigenvalue weighted by atomic mass is 35.5. The van der Waals surface area contributed by atoms with E-state index < -0.39 is 0 Å². The van der Waals surface area contributed by atoms with Crippen LogP contribution >= 0.6 is 23.2 Å². The molecule has 0 aliphatic carbocycles. The minimum absolute atomic E-state index is 0.447. The lowest BCUT2D eigenvalue weighted by molar-refractivity contribution is 0.483. The van der Waals surface area contributed by atoms with Crippen molar-refractivity contribution >= 4 is 23.2 Å². The molecule has 106 valence electrons. The molecule has 0 saturated heterocycles. The van der Waals surface area contributed by atoms with Gasteiger partial charge in [-0.15, -0.1) is 5.10 Å². The van der Waals surface area contributed by atoms with Gasteiger partial charge in [-0.05, 0) is 47.7 Å². The number of benzene rings is 2. The molecule has 0 spiro atoms. The van der Waals surface area contributed by atoms with Gasteiger partial charge >= 0.3 is 0 Å². The zero-order valence-electron chi connectivity index (χ0n) is 11.0. The lowest BCUT2D eigenvalue weighted by Crippen LogP contribution is -1.99. The standard InChI is InChI=1S/C14H10Cl2N4O/c1-9-17-18-19-20(9)10-6-7-14(12(16)8-10)21-13-5-3-2-4-11(13)15/h2-8H,1H3. The van der Waals surface area contributed by atoms with Crippen molar-refractivity contribution in [3.63, 3.8) is 0 Å². The van der Waals surface area contributed by atoms with Gasteiger partial charge in [-0.3, -0.25) is 0 Å². The highest BCUT2D eigenvalue weighted by Gasteiger charge is 2.10. The summed E-state index contributed by atoms with van der Waals surface area (Å²) in [6.07, 6.45) is 0. The Morgan fingerprint density at radius 1 is 1.00 bits per heavy atom. The number of para-hydroxylation sites is 1. The zero-order chi connectivity index (χ0) is 14.8. The molecule has 7 heteroatoms. The fourth-order valence-electron chi connectivity index (χ4n) is 1.82. The second-order valence-electron chi connectivity index (χ2n) is 4.29. The van der Waals surface area contributed by atoms with E-state index in [4.69, 9.17) is 27.9 Å². The molecule has 0 atom stereocenters. The van der Waals surface area contributed by atoms with Crippen LogP contribution in [-0.2, 0) is 0 Å². The molecular formula is C14H10Cl2N4O. The van der Waals surface area contributed by atoms with E-state index in [-0.39, 0.29) is 0 Å². The summed E-state index contributed by atoms with van der Waals surface area (Å²) in [6, 6.07) is 12.5. The molecule has 0 N–H and O–H groups in total. The number of rotatable bonds is 3. The first-order valence-electron chi connectivity index (χ1n) is 6.12. The number of hydrogen-bond donors (Lipinski definition) is 0. The molecule has 0 bridgehead atoms. The summed E-state index contributed by atoms with van der Waals surface area (Å²) in [5.74, 6) is 1.73. The van der Waals surface area contributed by atoms with Gasteiger partial charge < -0.3 is 4.74 Å². The van der Waals surface area contributed by atoms with Crippen LogP contribution in [0.3, 0.4) is 0 Å². The van der Waals surface area contributed by atoms with Crippen LogP contribution in [0.4, 0.5) is 0 Å². The third-order valence-electron chi connectivity index (χ3n) is 2.84. The molecule has 0 aliphatic heterocycles. The number of halogens is 2. The molecule has 0 unspecified atom stereocenters. The van der Waals surface area contributed by atoms with Crippen LogP contribution in [0.25, 0.3) is 5.69 Å². The van der Waals surface area contributed by atoms with Crippen LogP contribution in [0, 0.1) is 6.92 Å². The van der Waals surface area contributed by atoms with Crippen LogP contribution < -0.4 is 4.74 Å². The minimum atomic E-state index is 0.447. The molecule has 0 radical (unpaired) electrons. The summed E-state index contributed by atoms with van der Waals surface area (Å²) < 4.78 is 7.31. The Balaban J connectivity index is 1.92. The average molecular weight is 321 g/mol. The normalized spacial score (nSPS) is 10.6. The number of nitrogens with zero attached hydrogens (tertiary/aromatic N) is 4. The van der Waals surface area contributed by atoms with E-state index in [1.165, 1.54) is 0 Å². The molecule has 21 heavy (non-hydrogen) atoms. The Hall–Kier alpha value is -2.11. The lowest BCUT2D eigenvalue weighted by atomic mass is 10.3. The summed E-state index contributed by atoms with van der Waals surface area (Å²) in [4.78, 5) is 0. The molecule has 1 aromatic heterocycles. The van der Waals surface area contributed by atoms with Gasteiger partial charge in [0.2, 0.25) is 0 Å². The molecule has 0 amide bonds. The average Bonchev–Trinajstić information content (AvgIpc) is 2.89. The lowest BCUT2D eigenvalue weighted by Gasteiger charge is -2.10. The van der Waals surface area contributed by atoms with Crippen molar-refractivity contribution in [2.75, 3.05) is 0 Å². The second-order valence-corrected chi connectivity index (χ2v) is 5.10. The van der Waals surface area contributed by atoms with Gasteiger partial charge in [0, 0.05) is 0 Å². The van der Waals surface area contributed by atoms with Crippen LogP contribution in [0.2, 0.25) is 10.0 Å². The minimum Gasteiger partial charge on any atom is -0.454 e. The maximum absolute atomic E-state index is 6.25. The highest BCUT2D eigenvalue weighted by Crippen LogP contribution is 2.34. The van der Waals surface area contributed by atoms with Crippen molar-refractivity contribution in [2.45, 2.75) is 6.92 Å². The Morgan fingerprint density at radius 3 is 2.43 bits per heavy atom. The third-order valence-corrected chi connectivity index (χ3v) is 3.45. The third kappa shape index (κ3) is 2.84. The van der Waals surface area contributed by atoms with E-state index in [2.05, 4.69) is 15.5 Å². The van der Waals surface area contributed by atoms with E-state index in [1.54, 1.807) is 28.9 Å². The molecule has 1 heterocycles. The first kappa shape index (κ1) is 13.9. The molecule has 3 rings (SSSR count). The molecule has 5 nitrogen and oxygen atoms in total. The maximum Gasteiger partial charge on any atom is 0.153 e. The molecular weight excluding hydrogens is 311 g/mol. The van der Waals surface area contributed by atoms with Crippen molar-refractivity contribution in [3.05, 3.63) is 58.3 Å². The van der Waals surface area contributed by atoms with Crippen molar-refractivity contribution < 1.29 is 4.74 Å². The van der Waals surface area contributed by atoms with Crippen molar-refractivity contribution in [1.29, 1.82) is 0 Å². The summed E-state index contributed by atoms with van der Waals surface area (Å²) in [5.41, 5.74) is 0.758. The predicted molar refractivity (Wildman–Crippen MR) is 80.4 cm³/mol. The monoisotopic (exact) mass is 320 g/mol. The largest absolute Gasteiger partial charge is 0.454 e. The van der Waals surface area contributed by atoms with Gasteiger partial charge in [0.1, 0.15) is 11.5 Å². The molecule has 0 fully saturated rings. The first-order valence-corrected chi connectivity index (χ1v) is 6.88. The number of aromatic nitrogens is 4. The number of aryl methyl sites for hydroxylation is 1. The van der Waals surface area contributed by atoms with E-state index >= 15 is 0 Å². The van der Waals surface area contributed by atoms with Crippen molar-refractivity contribution in [1.82, 2.24) is 20.2 Å². The Morgan fingerprint density at radius 2 is 1.76 bits per heavy atom. The smallest absolute Gasteiger partial charge is 0.153 e. The van der Waals surface area contributed by atoms with Gasteiger partial charge in [0.05, 0.1) is 15.7 Å². The predicted octanol–water partition coefficient (Wildman–Crippen LogP) is 4.07. The quantitative estimate of drug-likeness (QED) is 0.730. The van der Waals surface area contributed by atoms with Crippen LogP contribution in [-0.4, -0.2) is 20.2 Å². The van der Waals surface area contributed by atoms with Crippen LogP contribution in [0.15, 0.2) is 42.5 Å². The highest BCUT2D eigenvalue weighted by molar-refractivity contribution is 6.33. The van der Waals surface area contributed by atoms with Crippen molar-refractivity contribution in [3.8, 4) is 17.2 Å². The topological polar surface area (TPSA) is 52.8 Å². The Kier molecular flexibility index (Phi) is 3.77. The zero-order valence-corrected chi connectivity index (χ0v) is 12.5. The van der Waals surface area contributed by atoms with E-state index in [0.717, 1.165) is 5.69 Å². The van der Waals surface area contributed by atoms with Gasteiger partial charge in [-0.2, -0.15) is 4.68 Å². The fourth-order valence-corrected chi connectivity index (χ4v) is 2.21. The molecule has 3 aromatic rings. The fraction of sp³-hybridized carbons (Fsp3) is 0.0714. The van der Waals surface area contributed by atoms with Crippen LogP contribution in [0.5, 0.6) is 11.5 Å². The SMILES string of the molecule is Cc1nnnn1-c1ccc(Oc2ccccc2Cl)c(Cl)c1. The Labute approximate surface area is 131 Å². The number of tetrazole rings is 1. The summed E-state index contributed by atoms with van der Waals surface area (Å²) >= 11 is 12.3. The van der Waals surface area contributed by atoms with Gasteiger partial charge in [0.25, 0.3) is 0 Å². The second kappa shape index (κ2) is 5.71. The van der Waals surface area contributed by atoms with Crippen molar-refractivity contribution in [2.24, 2.45) is 0 Å². The summed E-state index contributed by atoms with van der Waals surface area (Å²) in [5, 5.41) is 12.3. The van der Waals surface area contributed by atoms with E-state index in [1.807, 2.05) is 25.1 Å². The number of ether oxygens (including phenoxy) is 1. The van der Waals surface area contributed by atoms with E-state index in [0.29, 0.717) is 27.4 Å². The Bertz CT molecular complexity index is 788. The summed E-state index contributed by atoms with van der Waals surface area (Å²) in [7, 11) is 0. The van der Waals surface area contributed by atoms with Gasteiger partial charge in [0.15, 0.2) is 5.82 Å². The van der Waals surface area contributed by atoms with E-state index in [9.17, 15) is 0 Å².